The molecule has 1 aliphatic heterocycles. The highest BCUT2D eigenvalue weighted by molar-refractivity contribution is 6.04. The van der Waals surface area contributed by atoms with Crippen LogP contribution < -0.4 is 5.43 Å². The number of hydrogen-bond donors (Lipinski definition) is 1. The normalized spacial score (nSPS) is 14.2. The molecule has 0 aliphatic carbocycles. The number of carbonyl (C=O) groups excluding carboxylic acids is 3. The molecule has 0 unspecified atom stereocenters. The molecular weight excluding hydrogens is 439 g/mol. The van der Waals surface area contributed by atoms with E-state index in [1.165, 1.54) is 21.6 Å². The maximum atomic E-state index is 13.3. The van der Waals surface area contributed by atoms with Gasteiger partial charge in [0.25, 0.3) is 5.91 Å². The van der Waals surface area contributed by atoms with E-state index in [1.54, 1.807) is 53.7 Å². The summed E-state index contributed by atoms with van der Waals surface area (Å²) in [5.41, 5.74) is -2.25. The standard InChI is InChI=1S/C26H31FN2O5/c1-25(2,3)18(30)13-17-19(23(33)26(4,5)6)21(31)22(32)20-24(34)28(11-12-29(17)20)14-15-7-9-16(27)10-8-15/h7-10,32H,11-14H2,1-6H3. The van der Waals surface area contributed by atoms with Gasteiger partial charge in [0.1, 0.15) is 11.6 Å². The number of hydrogen-bond acceptors (Lipinski definition) is 5. The Bertz CT molecular complexity index is 1210. The molecule has 2 aromatic rings. The van der Waals surface area contributed by atoms with Gasteiger partial charge >= 0.3 is 0 Å². The highest BCUT2D eigenvalue weighted by Crippen LogP contribution is 2.30. The van der Waals surface area contributed by atoms with Crippen molar-refractivity contribution in [2.24, 2.45) is 10.8 Å². The van der Waals surface area contributed by atoms with Gasteiger partial charge in [-0.15, -0.1) is 0 Å². The summed E-state index contributed by atoms with van der Waals surface area (Å²) in [6, 6.07) is 5.70. The summed E-state index contributed by atoms with van der Waals surface area (Å²) in [6.07, 6.45) is -0.214. The number of halogens is 1. The van der Waals surface area contributed by atoms with Crippen molar-refractivity contribution < 1.29 is 23.9 Å². The minimum absolute atomic E-state index is 0.158. The number of rotatable bonds is 5. The van der Waals surface area contributed by atoms with E-state index in [9.17, 15) is 28.7 Å². The number of aromatic hydroxyl groups is 1. The number of Topliss-reactive ketones (excluding diaryl/α,β-unsaturated/α-hetero) is 2. The number of fused-ring (bicyclic) bond motifs is 1. The fraction of sp³-hybridized carbons (Fsp3) is 0.462. The van der Waals surface area contributed by atoms with Crippen molar-refractivity contribution in [3.8, 4) is 5.75 Å². The van der Waals surface area contributed by atoms with E-state index in [4.69, 9.17) is 0 Å². The number of nitrogens with zero attached hydrogens (tertiary/aromatic N) is 2. The topological polar surface area (TPSA) is 96.7 Å². The lowest BCUT2D eigenvalue weighted by molar-refractivity contribution is -0.125. The molecule has 8 heteroatoms. The highest BCUT2D eigenvalue weighted by Gasteiger charge is 2.38. The van der Waals surface area contributed by atoms with Gasteiger partial charge in [-0.05, 0) is 17.7 Å². The van der Waals surface area contributed by atoms with Gasteiger partial charge in [0.05, 0.1) is 5.56 Å². The predicted octanol–water partition coefficient (Wildman–Crippen LogP) is 3.74. The van der Waals surface area contributed by atoms with Crippen LogP contribution in [0.15, 0.2) is 29.1 Å². The summed E-state index contributed by atoms with van der Waals surface area (Å²) >= 11 is 0. The summed E-state index contributed by atoms with van der Waals surface area (Å²) in [5, 5.41) is 10.8. The van der Waals surface area contributed by atoms with Crippen LogP contribution in [0.2, 0.25) is 0 Å². The molecule has 0 radical (unpaired) electrons. The second-order valence-electron chi connectivity index (χ2n) is 10.8. The number of benzene rings is 1. The third-order valence-electron chi connectivity index (χ3n) is 5.99. The first kappa shape index (κ1) is 25.3. The fourth-order valence-electron chi connectivity index (χ4n) is 3.86. The molecule has 0 spiro atoms. The first-order chi connectivity index (χ1) is 15.6. The van der Waals surface area contributed by atoms with Gasteiger partial charge in [0.2, 0.25) is 5.43 Å². The monoisotopic (exact) mass is 470 g/mol. The zero-order valence-electron chi connectivity index (χ0n) is 20.5. The second kappa shape index (κ2) is 8.81. The first-order valence-corrected chi connectivity index (χ1v) is 11.2. The van der Waals surface area contributed by atoms with Gasteiger partial charge in [0.15, 0.2) is 17.2 Å². The molecule has 0 atom stereocenters. The van der Waals surface area contributed by atoms with Crippen molar-refractivity contribution in [3.63, 3.8) is 0 Å². The minimum Gasteiger partial charge on any atom is -0.503 e. The second-order valence-corrected chi connectivity index (χ2v) is 10.8. The molecule has 0 saturated heterocycles. The molecule has 3 rings (SSSR count). The van der Waals surface area contributed by atoms with E-state index < -0.39 is 39.5 Å². The maximum absolute atomic E-state index is 13.3. The largest absolute Gasteiger partial charge is 0.503 e. The Morgan fingerprint density at radius 3 is 2.09 bits per heavy atom. The Morgan fingerprint density at radius 2 is 1.56 bits per heavy atom. The van der Waals surface area contributed by atoms with Crippen LogP contribution in [0.4, 0.5) is 4.39 Å². The molecule has 1 N–H and O–H groups in total. The Balaban J connectivity index is 2.16. The fourth-order valence-corrected chi connectivity index (χ4v) is 3.86. The van der Waals surface area contributed by atoms with Crippen molar-refractivity contribution in [1.29, 1.82) is 0 Å². The molecule has 1 aromatic heterocycles. The van der Waals surface area contributed by atoms with Crippen molar-refractivity contribution in [1.82, 2.24) is 9.47 Å². The number of carbonyl (C=O) groups is 3. The zero-order valence-corrected chi connectivity index (χ0v) is 20.5. The van der Waals surface area contributed by atoms with Crippen molar-refractivity contribution >= 4 is 17.5 Å². The quantitative estimate of drug-likeness (QED) is 0.672. The summed E-state index contributed by atoms with van der Waals surface area (Å²) in [7, 11) is 0. The van der Waals surface area contributed by atoms with Gasteiger partial charge in [-0.25, -0.2) is 4.39 Å². The number of pyridine rings is 1. The summed E-state index contributed by atoms with van der Waals surface area (Å²) in [4.78, 5) is 54.2. The Morgan fingerprint density at radius 1 is 0.971 bits per heavy atom. The summed E-state index contributed by atoms with van der Waals surface area (Å²) in [6.45, 7) is 10.8. The molecular formula is C26H31FN2O5. The number of amides is 1. The van der Waals surface area contributed by atoms with Crippen molar-refractivity contribution in [3.05, 3.63) is 62.8 Å². The minimum atomic E-state index is -0.945. The zero-order chi connectivity index (χ0) is 25.6. The number of ketones is 2. The molecule has 182 valence electrons. The third kappa shape index (κ3) is 4.81. The predicted molar refractivity (Wildman–Crippen MR) is 125 cm³/mol. The lowest BCUT2D eigenvalue weighted by atomic mass is 9.82. The molecule has 1 aromatic carbocycles. The molecule has 2 heterocycles. The average Bonchev–Trinajstić information content (AvgIpc) is 2.73. The van der Waals surface area contributed by atoms with Crippen LogP contribution in [0, 0.1) is 16.6 Å². The van der Waals surface area contributed by atoms with Crippen molar-refractivity contribution in [2.75, 3.05) is 6.54 Å². The van der Waals surface area contributed by atoms with E-state index >= 15 is 0 Å². The summed E-state index contributed by atoms with van der Waals surface area (Å²) < 4.78 is 14.7. The Hall–Kier alpha value is -3.29. The molecule has 0 bridgehead atoms. The maximum Gasteiger partial charge on any atom is 0.274 e. The van der Waals surface area contributed by atoms with E-state index in [-0.39, 0.29) is 48.8 Å². The van der Waals surface area contributed by atoms with Crippen LogP contribution in [-0.2, 0) is 24.3 Å². The van der Waals surface area contributed by atoms with E-state index in [2.05, 4.69) is 0 Å². The Kier molecular flexibility index (Phi) is 6.57. The molecule has 0 fully saturated rings. The third-order valence-corrected chi connectivity index (χ3v) is 5.99. The van der Waals surface area contributed by atoms with Gasteiger partial charge in [-0.3, -0.25) is 19.2 Å². The van der Waals surface area contributed by atoms with Gasteiger partial charge in [-0.1, -0.05) is 53.7 Å². The first-order valence-electron chi connectivity index (χ1n) is 11.2. The van der Waals surface area contributed by atoms with Crippen LogP contribution in [0.1, 0.15) is 73.6 Å². The SMILES string of the molecule is CC(C)(C)C(=O)Cc1c(C(=O)C(C)(C)C)c(=O)c(O)c2n1CCN(Cc1ccc(F)cc1)C2=O. The van der Waals surface area contributed by atoms with Gasteiger partial charge in [-0.2, -0.15) is 0 Å². The summed E-state index contributed by atoms with van der Waals surface area (Å²) in [5.74, 6) is -2.48. The van der Waals surface area contributed by atoms with Crippen LogP contribution >= 0.6 is 0 Å². The highest BCUT2D eigenvalue weighted by atomic mass is 19.1. The van der Waals surface area contributed by atoms with E-state index in [0.29, 0.717) is 5.56 Å². The van der Waals surface area contributed by atoms with Crippen LogP contribution in [0.5, 0.6) is 5.75 Å². The lowest BCUT2D eigenvalue weighted by Crippen LogP contribution is -2.44. The number of aromatic nitrogens is 1. The van der Waals surface area contributed by atoms with Gasteiger partial charge < -0.3 is 14.6 Å². The molecule has 7 nitrogen and oxygen atoms in total. The van der Waals surface area contributed by atoms with Gasteiger partial charge in [0, 0.05) is 42.6 Å². The van der Waals surface area contributed by atoms with Crippen LogP contribution in [-0.4, -0.2) is 38.6 Å². The van der Waals surface area contributed by atoms with E-state index in [1.807, 2.05) is 0 Å². The lowest BCUT2D eigenvalue weighted by Gasteiger charge is -2.33. The molecule has 1 amide bonds. The molecule has 0 saturated carbocycles. The molecule has 1 aliphatic rings. The van der Waals surface area contributed by atoms with Crippen LogP contribution in [0.3, 0.4) is 0 Å². The average molecular weight is 471 g/mol. The Labute approximate surface area is 198 Å². The van der Waals surface area contributed by atoms with E-state index in [0.717, 1.165) is 0 Å². The smallest absolute Gasteiger partial charge is 0.274 e. The molecule has 34 heavy (non-hydrogen) atoms. The van der Waals surface area contributed by atoms with Crippen LogP contribution in [0.25, 0.3) is 0 Å². The van der Waals surface area contributed by atoms with Crippen molar-refractivity contribution in [2.45, 2.75) is 61.1 Å².